The molecule has 3 rings (SSSR count). The van der Waals surface area contributed by atoms with Crippen LogP contribution in [-0.4, -0.2) is 17.6 Å². The van der Waals surface area contributed by atoms with E-state index in [2.05, 4.69) is 5.32 Å². The second kappa shape index (κ2) is 6.68. The molecule has 0 spiro atoms. The lowest BCUT2D eigenvalue weighted by Crippen LogP contribution is -2.40. The van der Waals surface area contributed by atoms with Crippen LogP contribution in [0.25, 0.3) is 6.08 Å². The highest BCUT2D eigenvalue weighted by Crippen LogP contribution is 2.32. The van der Waals surface area contributed by atoms with E-state index >= 15 is 0 Å². The first kappa shape index (κ1) is 15.3. The number of nitrogens with one attached hydrogen (secondary N) is 1. The van der Waals surface area contributed by atoms with Gasteiger partial charge < -0.3 is 19.3 Å². The normalized spacial score (nSPS) is 14.0. The second-order valence-corrected chi connectivity index (χ2v) is 5.83. The molecule has 0 bridgehead atoms. The molecule has 3 aromatic heterocycles. The van der Waals surface area contributed by atoms with Gasteiger partial charge in [-0.15, -0.1) is 11.3 Å². The predicted molar refractivity (Wildman–Crippen MR) is 86.8 cm³/mol. The zero-order valence-corrected chi connectivity index (χ0v) is 13.0. The summed E-state index contributed by atoms with van der Waals surface area (Å²) in [6, 6.07) is 10.5. The molecular formula is C17H15NO4S. The molecule has 118 valence electrons. The van der Waals surface area contributed by atoms with E-state index in [9.17, 15) is 9.90 Å². The molecule has 0 aliphatic heterocycles. The highest BCUT2D eigenvalue weighted by Gasteiger charge is 2.35. The van der Waals surface area contributed by atoms with E-state index < -0.39 is 5.60 Å². The van der Waals surface area contributed by atoms with Crippen molar-refractivity contribution in [2.24, 2.45) is 0 Å². The molecule has 3 aromatic rings. The number of furan rings is 2. The van der Waals surface area contributed by atoms with Crippen LogP contribution in [0.5, 0.6) is 0 Å². The van der Waals surface area contributed by atoms with E-state index in [4.69, 9.17) is 8.83 Å². The second-order valence-electron chi connectivity index (χ2n) is 4.88. The summed E-state index contributed by atoms with van der Waals surface area (Å²) in [6.07, 6.45) is 5.94. The van der Waals surface area contributed by atoms with Crippen LogP contribution in [-0.2, 0) is 10.4 Å². The summed E-state index contributed by atoms with van der Waals surface area (Å²) in [5.74, 6) is 0.637. The number of rotatable bonds is 6. The lowest BCUT2D eigenvalue weighted by Gasteiger charge is -2.24. The maximum atomic E-state index is 11.9. The first-order valence-corrected chi connectivity index (χ1v) is 7.86. The molecule has 1 amide bonds. The summed E-state index contributed by atoms with van der Waals surface area (Å²) in [5.41, 5.74) is -1.40. The van der Waals surface area contributed by atoms with Gasteiger partial charge in [-0.05, 0) is 41.8 Å². The van der Waals surface area contributed by atoms with Gasteiger partial charge in [0, 0.05) is 11.0 Å². The molecule has 1 atom stereocenters. The molecule has 0 aliphatic rings. The zero-order valence-electron chi connectivity index (χ0n) is 12.1. The summed E-state index contributed by atoms with van der Waals surface area (Å²) in [5, 5.41) is 15.5. The Balaban J connectivity index is 1.71. The Hall–Kier alpha value is -2.57. The number of aliphatic hydroxyl groups is 1. The van der Waals surface area contributed by atoms with Gasteiger partial charge in [-0.25, -0.2) is 0 Å². The first-order valence-electron chi connectivity index (χ1n) is 6.98. The van der Waals surface area contributed by atoms with Crippen molar-refractivity contribution < 1.29 is 18.7 Å². The number of amides is 1. The van der Waals surface area contributed by atoms with Gasteiger partial charge in [-0.3, -0.25) is 4.79 Å². The lowest BCUT2D eigenvalue weighted by atomic mass is 9.98. The van der Waals surface area contributed by atoms with E-state index in [0.717, 1.165) is 0 Å². The molecule has 0 saturated carbocycles. The van der Waals surface area contributed by atoms with Crippen molar-refractivity contribution in [1.82, 2.24) is 5.32 Å². The van der Waals surface area contributed by atoms with Crippen molar-refractivity contribution in [2.75, 3.05) is 6.54 Å². The quantitative estimate of drug-likeness (QED) is 0.682. The van der Waals surface area contributed by atoms with Crippen molar-refractivity contribution >= 4 is 23.3 Å². The fraction of sp³-hybridized carbons (Fsp3) is 0.118. The molecule has 3 heterocycles. The van der Waals surface area contributed by atoms with Crippen molar-refractivity contribution in [3.8, 4) is 0 Å². The average molecular weight is 329 g/mol. The van der Waals surface area contributed by atoms with Crippen molar-refractivity contribution in [1.29, 1.82) is 0 Å². The Morgan fingerprint density at radius 1 is 1.22 bits per heavy atom. The van der Waals surface area contributed by atoms with Gasteiger partial charge in [0.2, 0.25) is 5.91 Å². The fourth-order valence-corrected chi connectivity index (χ4v) is 2.97. The number of thiophene rings is 1. The minimum absolute atomic E-state index is 0.00234. The summed E-state index contributed by atoms with van der Waals surface area (Å²) in [4.78, 5) is 12.6. The minimum Gasteiger partial charge on any atom is -0.466 e. The van der Waals surface area contributed by atoms with E-state index in [1.54, 1.807) is 36.4 Å². The number of hydrogen-bond acceptors (Lipinski definition) is 5. The Morgan fingerprint density at radius 2 is 2.04 bits per heavy atom. The van der Waals surface area contributed by atoms with Gasteiger partial charge in [0.1, 0.15) is 11.5 Å². The van der Waals surface area contributed by atoms with Crippen molar-refractivity contribution in [3.05, 3.63) is 76.8 Å². The molecular weight excluding hydrogens is 314 g/mol. The third-order valence-corrected chi connectivity index (χ3v) is 4.34. The summed E-state index contributed by atoms with van der Waals surface area (Å²) in [7, 11) is 0. The molecule has 0 aromatic carbocycles. The van der Waals surface area contributed by atoms with Gasteiger partial charge in [-0.2, -0.15) is 0 Å². The molecule has 0 fully saturated rings. The van der Waals surface area contributed by atoms with Crippen LogP contribution in [0.4, 0.5) is 0 Å². The monoisotopic (exact) mass is 329 g/mol. The molecule has 2 N–H and O–H groups in total. The van der Waals surface area contributed by atoms with Crippen LogP contribution in [0, 0.1) is 0 Å². The topological polar surface area (TPSA) is 75.6 Å². The highest BCUT2D eigenvalue weighted by molar-refractivity contribution is 7.10. The summed E-state index contributed by atoms with van der Waals surface area (Å²) >= 11 is 1.40. The Labute approximate surface area is 136 Å². The molecule has 5 nitrogen and oxygen atoms in total. The van der Waals surface area contributed by atoms with Gasteiger partial charge in [-0.1, -0.05) is 6.07 Å². The van der Waals surface area contributed by atoms with Crippen LogP contribution in [0.3, 0.4) is 0 Å². The van der Waals surface area contributed by atoms with Crippen LogP contribution in [0.2, 0.25) is 0 Å². The number of hydrogen-bond donors (Lipinski definition) is 2. The van der Waals surface area contributed by atoms with E-state index in [1.165, 1.54) is 29.9 Å². The van der Waals surface area contributed by atoms with Crippen LogP contribution < -0.4 is 5.32 Å². The van der Waals surface area contributed by atoms with Gasteiger partial charge in [0.15, 0.2) is 5.60 Å². The van der Waals surface area contributed by atoms with Gasteiger partial charge in [0.05, 0.1) is 19.1 Å². The Bertz CT molecular complexity index is 724. The summed E-state index contributed by atoms with van der Waals surface area (Å²) in [6.45, 7) is 0.00234. The van der Waals surface area contributed by atoms with Gasteiger partial charge >= 0.3 is 0 Å². The smallest absolute Gasteiger partial charge is 0.244 e. The third-order valence-electron chi connectivity index (χ3n) is 3.32. The van der Waals surface area contributed by atoms with Crippen molar-refractivity contribution in [2.45, 2.75) is 5.60 Å². The highest BCUT2D eigenvalue weighted by atomic mass is 32.1. The van der Waals surface area contributed by atoms with E-state index in [0.29, 0.717) is 16.4 Å². The SMILES string of the molecule is O=C(/C=C/c1ccco1)NCC(O)(c1ccco1)c1cccs1. The van der Waals surface area contributed by atoms with Crippen LogP contribution in [0.15, 0.2) is 69.2 Å². The van der Waals surface area contributed by atoms with Crippen LogP contribution >= 0.6 is 11.3 Å². The number of carbonyl (C=O) groups excluding carboxylic acids is 1. The molecule has 23 heavy (non-hydrogen) atoms. The average Bonchev–Trinajstić information content (AvgIpc) is 3.33. The fourth-order valence-electron chi connectivity index (χ4n) is 2.14. The predicted octanol–water partition coefficient (Wildman–Crippen LogP) is 3.00. The largest absolute Gasteiger partial charge is 0.466 e. The molecule has 0 aliphatic carbocycles. The minimum atomic E-state index is -1.40. The Kier molecular flexibility index (Phi) is 4.45. The zero-order chi connectivity index (χ0) is 16.1. The van der Waals surface area contributed by atoms with E-state index in [-0.39, 0.29) is 12.5 Å². The molecule has 6 heteroatoms. The summed E-state index contributed by atoms with van der Waals surface area (Å²) < 4.78 is 10.5. The van der Waals surface area contributed by atoms with E-state index in [1.807, 2.05) is 11.4 Å². The molecule has 0 saturated heterocycles. The number of carbonyl (C=O) groups is 1. The molecule has 1 unspecified atom stereocenters. The Morgan fingerprint density at radius 3 is 2.70 bits per heavy atom. The third kappa shape index (κ3) is 3.44. The van der Waals surface area contributed by atoms with Crippen molar-refractivity contribution in [3.63, 3.8) is 0 Å². The first-order chi connectivity index (χ1) is 11.2. The lowest BCUT2D eigenvalue weighted by molar-refractivity contribution is -0.117. The maximum Gasteiger partial charge on any atom is 0.244 e. The van der Waals surface area contributed by atoms with Gasteiger partial charge in [0.25, 0.3) is 0 Å². The van der Waals surface area contributed by atoms with Crippen LogP contribution in [0.1, 0.15) is 16.4 Å². The maximum absolute atomic E-state index is 11.9. The standard InChI is InChI=1S/C17H15NO4S/c19-16(8-7-13-4-1-9-21-13)18-12-17(20,14-5-2-10-22-14)15-6-3-11-23-15/h1-11,20H,12H2,(H,18,19)/b8-7+. The molecule has 0 radical (unpaired) electrons.